The summed E-state index contributed by atoms with van der Waals surface area (Å²) in [7, 11) is 0. The number of hydrogen-bond acceptors (Lipinski definition) is 1. The Bertz CT molecular complexity index is 417. The van der Waals surface area contributed by atoms with Gasteiger partial charge in [-0.3, -0.25) is 0 Å². The van der Waals surface area contributed by atoms with Crippen molar-refractivity contribution in [2.45, 2.75) is 25.8 Å². The molecule has 1 heterocycles. The number of hydrogen-bond donors (Lipinski definition) is 2. The summed E-state index contributed by atoms with van der Waals surface area (Å²) < 4.78 is 0. The van der Waals surface area contributed by atoms with Crippen molar-refractivity contribution in [1.82, 2.24) is 4.98 Å². The van der Waals surface area contributed by atoms with E-state index in [1.165, 1.54) is 16.5 Å². The molecule has 0 bridgehead atoms. The normalized spacial score (nSPS) is 13.3. The molecule has 74 valence electrons. The Hall–Kier alpha value is -1.28. The summed E-state index contributed by atoms with van der Waals surface area (Å²) in [4.78, 5) is 3.21. The predicted molar refractivity (Wildman–Crippen MR) is 60.3 cm³/mol. The maximum absolute atomic E-state index is 5.95. The van der Waals surface area contributed by atoms with Crippen molar-refractivity contribution in [2.75, 3.05) is 0 Å². The first kappa shape index (κ1) is 9.28. The largest absolute Gasteiger partial charge is 0.361 e. The Kier molecular flexibility index (Phi) is 2.55. The highest BCUT2D eigenvalue weighted by molar-refractivity contribution is 5.82. The van der Waals surface area contributed by atoms with E-state index in [2.05, 4.69) is 36.2 Å². The molecule has 0 amide bonds. The van der Waals surface area contributed by atoms with Crippen LogP contribution in [-0.4, -0.2) is 11.0 Å². The SMILES string of the molecule is CC[C@@H](N)Cc1cccc2[nH]ccc12. The molecule has 0 spiro atoms. The summed E-state index contributed by atoms with van der Waals surface area (Å²) in [5, 5.41) is 1.30. The molecule has 2 heteroatoms. The van der Waals surface area contributed by atoms with Crippen LogP contribution in [0.5, 0.6) is 0 Å². The molecule has 0 aliphatic carbocycles. The number of nitrogens with two attached hydrogens (primary N) is 1. The van der Waals surface area contributed by atoms with E-state index in [0.717, 1.165) is 12.8 Å². The molecule has 0 saturated heterocycles. The summed E-state index contributed by atoms with van der Waals surface area (Å²) in [6.07, 6.45) is 3.97. The van der Waals surface area contributed by atoms with Gasteiger partial charge in [-0.2, -0.15) is 0 Å². The zero-order chi connectivity index (χ0) is 9.97. The standard InChI is InChI=1S/C12H16N2/c1-2-10(13)8-9-4-3-5-12-11(9)6-7-14-12/h3-7,10,14H,2,8,13H2,1H3/t10-/m1/s1. The molecular formula is C12H16N2. The van der Waals surface area contributed by atoms with E-state index in [-0.39, 0.29) is 6.04 Å². The fourth-order valence-corrected chi connectivity index (χ4v) is 1.76. The van der Waals surface area contributed by atoms with Crippen molar-refractivity contribution >= 4 is 10.9 Å². The van der Waals surface area contributed by atoms with Crippen LogP contribution in [-0.2, 0) is 6.42 Å². The fraction of sp³-hybridized carbons (Fsp3) is 0.333. The van der Waals surface area contributed by atoms with Crippen LogP contribution in [0.25, 0.3) is 10.9 Å². The third kappa shape index (κ3) is 1.66. The third-order valence-corrected chi connectivity index (χ3v) is 2.69. The number of aromatic nitrogens is 1. The molecular weight excluding hydrogens is 172 g/mol. The lowest BCUT2D eigenvalue weighted by Gasteiger charge is -2.09. The summed E-state index contributed by atoms with van der Waals surface area (Å²) in [5.41, 5.74) is 8.50. The Morgan fingerprint density at radius 2 is 2.21 bits per heavy atom. The Balaban J connectivity index is 2.36. The van der Waals surface area contributed by atoms with Crippen LogP contribution >= 0.6 is 0 Å². The van der Waals surface area contributed by atoms with Crippen molar-refractivity contribution in [3.05, 3.63) is 36.0 Å². The minimum absolute atomic E-state index is 0.274. The molecule has 0 unspecified atom stereocenters. The van der Waals surface area contributed by atoms with Crippen molar-refractivity contribution in [3.8, 4) is 0 Å². The van der Waals surface area contributed by atoms with Crippen LogP contribution in [0.3, 0.4) is 0 Å². The van der Waals surface area contributed by atoms with E-state index in [1.54, 1.807) is 0 Å². The van der Waals surface area contributed by atoms with Gasteiger partial charge in [0.2, 0.25) is 0 Å². The van der Waals surface area contributed by atoms with Crippen molar-refractivity contribution in [3.63, 3.8) is 0 Å². The van der Waals surface area contributed by atoms with Gasteiger partial charge >= 0.3 is 0 Å². The van der Waals surface area contributed by atoms with Gasteiger partial charge in [0.15, 0.2) is 0 Å². The van der Waals surface area contributed by atoms with Gasteiger partial charge < -0.3 is 10.7 Å². The summed E-state index contributed by atoms with van der Waals surface area (Å²) >= 11 is 0. The number of nitrogens with one attached hydrogen (secondary N) is 1. The third-order valence-electron chi connectivity index (χ3n) is 2.69. The second kappa shape index (κ2) is 3.84. The number of benzene rings is 1. The van der Waals surface area contributed by atoms with Gasteiger partial charge in [-0.05, 0) is 30.5 Å². The molecule has 3 N–H and O–H groups in total. The zero-order valence-corrected chi connectivity index (χ0v) is 8.46. The molecule has 0 aliphatic heterocycles. The molecule has 0 radical (unpaired) electrons. The topological polar surface area (TPSA) is 41.8 Å². The first-order valence-electron chi connectivity index (χ1n) is 5.12. The van der Waals surface area contributed by atoms with Crippen LogP contribution < -0.4 is 5.73 Å². The van der Waals surface area contributed by atoms with E-state index in [0.29, 0.717) is 0 Å². The Morgan fingerprint density at radius 1 is 1.36 bits per heavy atom. The molecule has 0 saturated carbocycles. The van der Waals surface area contributed by atoms with E-state index >= 15 is 0 Å². The summed E-state index contributed by atoms with van der Waals surface area (Å²) in [6.45, 7) is 2.13. The van der Waals surface area contributed by atoms with Gasteiger partial charge in [0, 0.05) is 23.1 Å². The van der Waals surface area contributed by atoms with Crippen LogP contribution in [0.1, 0.15) is 18.9 Å². The highest BCUT2D eigenvalue weighted by Crippen LogP contribution is 2.18. The van der Waals surface area contributed by atoms with Crippen LogP contribution in [0.4, 0.5) is 0 Å². The monoisotopic (exact) mass is 188 g/mol. The minimum atomic E-state index is 0.274. The van der Waals surface area contributed by atoms with Gasteiger partial charge in [0.1, 0.15) is 0 Å². The van der Waals surface area contributed by atoms with Gasteiger partial charge in [0.25, 0.3) is 0 Å². The number of fused-ring (bicyclic) bond motifs is 1. The number of rotatable bonds is 3. The number of aromatic amines is 1. The molecule has 14 heavy (non-hydrogen) atoms. The van der Waals surface area contributed by atoms with Crippen molar-refractivity contribution < 1.29 is 0 Å². The second-order valence-corrected chi connectivity index (χ2v) is 3.73. The minimum Gasteiger partial charge on any atom is -0.361 e. The number of H-pyrrole nitrogens is 1. The smallest absolute Gasteiger partial charge is 0.0456 e. The van der Waals surface area contributed by atoms with Gasteiger partial charge in [-0.25, -0.2) is 0 Å². The van der Waals surface area contributed by atoms with Crippen LogP contribution in [0, 0.1) is 0 Å². The van der Waals surface area contributed by atoms with E-state index in [4.69, 9.17) is 5.73 Å². The quantitative estimate of drug-likeness (QED) is 0.763. The van der Waals surface area contributed by atoms with Crippen molar-refractivity contribution in [2.24, 2.45) is 5.73 Å². The molecule has 2 aromatic rings. The average molecular weight is 188 g/mol. The Morgan fingerprint density at radius 3 is 3.00 bits per heavy atom. The molecule has 2 nitrogen and oxygen atoms in total. The highest BCUT2D eigenvalue weighted by Gasteiger charge is 2.05. The molecule has 2 rings (SSSR count). The lowest BCUT2D eigenvalue weighted by molar-refractivity contribution is 0.649. The molecule has 0 aliphatic rings. The fourth-order valence-electron chi connectivity index (χ4n) is 1.76. The Labute approximate surface area is 84.1 Å². The van der Waals surface area contributed by atoms with E-state index in [1.807, 2.05) is 6.20 Å². The highest BCUT2D eigenvalue weighted by atomic mass is 14.7. The van der Waals surface area contributed by atoms with E-state index in [9.17, 15) is 0 Å². The maximum atomic E-state index is 5.95. The van der Waals surface area contributed by atoms with Crippen LogP contribution in [0.15, 0.2) is 30.5 Å². The van der Waals surface area contributed by atoms with Gasteiger partial charge in [0.05, 0.1) is 0 Å². The summed E-state index contributed by atoms with van der Waals surface area (Å²) in [6, 6.07) is 8.72. The first-order chi connectivity index (χ1) is 6.81. The molecule has 0 fully saturated rings. The lowest BCUT2D eigenvalue weighted by Crippen LogP contribution is -2.21. The first-order valence-corrected chi connectivity index (χ1v) is 5.12. The van der Waals surface area contributed by atoms with E-state index < -0.39 is 0 Å². The van der Waals surface area contributed by atoms with Crippen LogP contribution in [0.2, 0.25) is 0 Å². The molecule has 1 atom stereocenters. The zero-order valence-electron chi connectivity index (χ0n) is 8.46. The van der Waals surface area contributed by atoms with Crippen molar-refractivity contribution in [1.29, 1.82) is 0 Å². The maximum Gasteiger partial charge on any atom is 0.0456 e. The molecule has 1 aromatic carbocycles. The second-order valence-electron chi connectivity index (χ2n) is 3.73. The average Bonchev–Trinajstić information content (AvgIpc) is 2.66. The molecule has 1 aromatic heterocycles. The predicted octanol–water partition coefficient (Wildman–Crippen LogP) is 2.45. The lowest BCUT2D eigenvalue weighted by atomic mass is 10.0. The van der Waals surface area contributed by atoms with Gasteiger partial charge in [-0.15, -0.1) is 0 Å². The van der Waals surface area contributed by atoms with Gasteiger partial charge in [-0.1, -0.05) is 19.1 Å². The summed E-state index contributed by atoms with van der Waals surface area (Å²) in [5.74, 6) is 0.